The number of anilines is 2. The van der Waals surface area contributed by atoms with Crippen LogP contribution in [-0.4, -0.2) is 50.2 Å². The molecule has 1 aromatic carbocycles. The zero-order valence-electron chi connectivity index (χ0n) is 21.4. The molecule has 1 aliphatic heterocycles. The summed E-state index contributed by atoms with van der Waals surface area (Å²) in [6.07, 6.45) is 4.39. The fraction of sp³-hybridized carbons (Fsp3) is 0.370. The largest absolute Gasteiger partial charge is 0.384 e. The number of likely N-dealkylation sites (N-methyl/N-ethyl adjacent to an activating group) is 1. The first kappa shape index (κ1) is 26.3. The van der Waals surface area contributed by atoms with Gasteiger partial charge in [0.05, 0.1) is 5.92 Å². The maximum atomic E-state index is 13.7. The van der Waals surface area contributed by atoms with Gasteiger partial charge in [0.25, 0.3) is 5.91 Å². The van der Waals surface area contributed by atoms with E-state index in [4.69, 9.17) is 17.3 Å². The summed E-state index contributed by atoms with van der Waals surface area (Å²) in [6, 6.07) is 9.93. The highest BCUT2D eigenvalue weighted by atomic mass is 35.5. The van der Waals surface area contributed by atoms with Gasteiger partial charge in [-0.2, -0.15) is 0 Å². The number of imide groups is 1. The minimum atomic E-state index is -0.945. The maximum absolute atomic E-state index is 13.7. The Hall–Kier alpha value is -3.72. The van der Waals surface area contributed by atoms with Crippen LogP contribution in [0.25, 0.3) is 0 Å². The number of nitrogen functional groups attached to an aromatic ring is 1. The number of hydrogen-bond acceptors (Lipinski definition) is 6. The Morgan fingerprint density at radius 3 is 2.51 bits per heavy atom. The van der Waals surface area contributed by atoms with Crippen molar-refractivity contribution in [1.29, 1.82) is 0 Å². The molecule has 2 N–H and O–H groups in total. The molecular weight excluding hydrogens is 492 g/mol. The van der Waals surface area contributed by atoms with E-state index in [-0.39, 0.29) is 36.5 Å². The summed E-state index contributed by atoms with van der Waals surface area (Å²) in [5.74, 6) is -1.15. The molecule has 0 spiro atoms. The first-order valence-electron chi connectivity index (χ1n) is 12.2. The van der Waals surface area contributed by atoms with Crippen LogP contribution >= 0.6 is 11.6 Å². The van der Waals surface area contributed by atoms with Gasteiger partial charge in [-0.1, -0.05) is 30.7 Å². The van der Waals surface area contributed by atoms with E-state index in [0.717, 1.165) is 21.7 Å². The molecule has 9 nitrogen and oxygen atoms in total. The van der Waals surface area contributed by atoms with Gasteiger partial charge in [-0.3, -0.25) is 24.2 Å². The average Bonchev–Trinajstić information content (AvgIpc) is 3.28. The molecule has 194 valence electrons. The monoisotopic (exact) mass is 522 g/mol. The number of pyridine rings is 1. The lowest BCUT2D eigenvalue weighted by atomic mass is 9.80. The maximum Gasteiger partial charge on any atom is 0.253 e. The number of rotatable bonds is 8. The molecule has 3 heterocycles. The van der Waals surface area contributed by atoms with E-state index < -0.39 is 12.0 Å². The number of nitrogens with zero attached hydrogens (tertiary/aromatic N) is 5. The van der Waals surface area contributed by atoms with Crippen molar-refractivity contribution in [1.82, 2.24) is 19.4 Å². The molecule has 3 atom stereocenters. The lowest BCUT2D eigenvalue weighted by Crippen LogP contribution is -2.69. The number of nitrogens with two attached hydrogens (primary N) is 1. The number of imidazole rings is 1. The highest BCUT2D eigenvalue weighted by Crippen LogP contribution is 2.35. The van der Waals surface area contributed by atoms with Gasteiger partial charge in [-0.15, -0.1) is 0 Å². The Labute approximate surface area is 221 Å². The predicted molar refractivity (Wildman–Crippen MR) is 142 cm³/mol. The van der Waals surface area contributed by atoms with Crippen molar-refractivity contribution in [3.8, 4) is 0 Å². The predicted octanol–water partition coefficient (Wildman–Crippen LogP) is 3.50. The third-order valence-electron chi connectivity index (χ3n) is 6.91. The number of carbonyl (C=O) groups excluding carboxylic acids is 3. The van der Waals surface area contributed by atoms with E-state index in [1.807, 2.05) is 32.0 Å². The number of hydrogen-bond donors (Lipinski definition) is 1. The van der Waals surface area contributed by atoms with Gasteiger partial charge in [0, 0.05) is 43.6 Å². The van der Waals surface area contributed by atoms with Crippen LogP contribution in [0.3, 0.4) is 0 Å². The van der Waals surface area contributed by atoms with E-state index >= 15 is 0 Å². The van der Waals surface area contributed by atoms with Gasteiger partial charge in [0.15, 0.2) is 0 Å². The topological polar surface area (TPSA) is 114 Å². The van der Waals surface area contributed by atoms with Crippen LogP contribution in [0.1, 0.15) is 42.5 Å². The number of benzene rings is 1. The molecule has 1 fully saturated rings. The van der Waals surface area contributed by atoms with Crippen molar-refractivity contribution in [2.45, 2.75) is 45.1 Å². The van der Waals surface area contributed by atoms with Crippen molar-refractivity contribution in [3.63, 3.8) is 0 Å². The average molecular weight is 523 g/mol. The SMILES string of the molecule is CC[C@@H](CC(=O)N1C(=O)[C@H](Cc2cc(C)nc(N)c2)[C@H]1C(=O)N(C)c1nccn1C)c1ccc(Cl)cc1. The van der Waals surface area contributed by atoms with Crippen molar-refractivity contribution in [2.75, 3.05) is 17.7 Å². The van der Waals surface area contributed by atoms with Gasteiger partial charge in [0.2, 0.25) is 17.8 Å². The quantitative estimate of drug-likeness (QED) is 0.453. The fourth-order valence-corrected chi connectivity index (χ4v) is 5.09. The number of likely N-dealkylation sites (tertiary alicyclic amines) is 1. The van der Waals surface area contributed by atoms with Crippen LogP contribution < -0.4 is 10.6 Å². The molecule has 10 heteroatoms. The number of halogens is 1. The van der Waals surface area contributed by atoms with Crippen LogP contribution in [0.2, 0.25) is 5.02 Å². The van der Waals surface area contributed by atoms with E-state index in [0.29, 0.717) is 23.2 Å². The lowest BCUT2D eigenvalue weighted by molar-refractivity contribution is -0.170. The Balaban J connectivity index is 1.61. The number of carbonyl (C=O) groups is 3. The third-order valence-corrected chi connectivity index (χ3v) is 7.16. The van der Waals surface area contributed by atoms with Crippen LogP contribution in [-0.2, 0) is 27.9 Å². The molecule has 0 aliphatic carbocycles. The zero-order valence-corrected chi connectivity index (χ0v) is 22.1. The Morgan fingerprint density at radius 2 is 1.92 bits per heavy atom. The molecule has 2 aromatic heterocycles. The molecule has 3 amide bonds. The van der Waals surface area contributed by atoms with Crippen LogP contribution in [0, 0.1) is 12.8 Å². The first-order chi connectivity index (χ1) is 17.6. The number of aryl methyl sites for hydroxylation is 2. The molecule has 0 unspecified atom stereocenters. The molecule has 37 heavy (non-hydrogen) atoms. The molecule has 1 aliphatic rings. The van der Waals surface area contributed by atoms with Gasteiger partial charge >= 0.3 is 0 Å². The van der Waals surface area contributed by atoms with Gasteiger partial charge in [-0.05, 0) is 61.1 Å². The number of aromatic nitrogens is 3. The van der Waals surface area contributed by atoms with Crippen molar-refractivity contribution in [2.24, 2.45) is 13.0 Å². The van der Waals surface area contributed by atoms with Gasteiger partial charge in [0.1, 0.15) is 11.9 Å². The fourth-order valence-electron chi connectivity index (χ4n) is 4.97. The summed E-state index contributed by atoms with van der Waals surface area (Å²) in [5, 5.41) is 0.612. The van der Waals surface area contributed by atoms with Crippen molar-refractivity contribution < 1.29 is 14.4 Å². The summed E-state index contributed by atoms with van der Waals surface area (Å²) < 4.78 is 1.71. The Bertz CT molecular complexity index is 1300. The normalized spacial score (nSPS) is 17.9. The Kier molecular flexibility index (Phi) is 7.63. The molecule has 0 saturated carbocycles. The molecule has 0 radical (unpaired) electrons. The highest BCUT2D eigenvalue weighted by Gasteiger charge is 2.55. The molecule has 1 saturated heterocycles. The standard InChI is InChI=1S/C27H31ClN6O3/c1-5-18(19-6-8-20(28)9-7-19)15-23(35)34-24(26(37)33(4)27-30-10-11-32(27)3)21(25(34)36)13-17-12-16(2)31-22(29)14-17/h6-12,14,18,21,24H,5,13,15H2,1-4H3,(H2,29,31)/t18-,21+,24-/m0/s1. The number of amides is 3. The van der Waals surface area contributed by atoms with Crippen LogP contribution in [0.5, 0.6) is 0 Å². The second-order valence-electron chi connectivity index (χ2n) is 9.50. The van der Waals surface area contributed by atoms with E-state index in [2.05, 4.69) is 9.97 Å². The van der Waals surface area contributed by atoms with Gasteiger partial charge in [-0.25, -0.2) is 9.97 Å². The summed E-state index contributed by atoms with van der Waals surface area (Å²) in [4.78, 5) is 51.5. The summed E-state index contributed by atoms with van der Waals surface area (Å²) in [7, 11) is 3.38. The van der Waals surface area contributed by atoms with Crippen LogP contribution in [0.15, 0.2) is 48.8 Å². The summed E-state index contributed by atoms with van der Waals surface area (Å²) in [5.41, 5.74) is 8.38. The second-order valence-corrected chi connectivity index (χ2v) is 9.93. The minimum Gasteiger partial charge on any atom is -0.384 e. The molecule has 0 bridgehead atoms. The molecular formula is C27H31ClN6O3. The van der Waals surface area contributed by atoms with Gasteiger partial charge < -0.3 is 10.3 Å². The summed E-state index contributed by atoms with van der Waals surface area (Å²) in [6.45, 7) is 3.80. The van der Waals surface area contributed by atoms with E-state index in [1.54, 1.807) is 49.3 Å². The highest BCUT2D eigenvalue weighted by molar-refractivity contribution is 6.30. The zero-order chi connectivity index (χ0) is 26.9. The lowest BCUT2D eigenvalue weighted by Gasteiger charge is -2.46. The molecule has 3 aromatic rings. The Morgan fingerprint density at radius 1 is 1.22 bits per heavy atom. The van der Waals surface area contributed by atoms with Crippen molar-refractivity contribution in [3.05, 3.63) is 70.6 Å². The first-order valence-corrected chi connectivity index (χ1v) is 12.6. The van der Waals surface area contributed by atoms with Crippen molar-refractivity contribution >= 4 is 41.1 Å². The smallest absolute Gasteiger partial charge is 0.253 e. The number of β-lactam (4-membered cyclic amide) rings is 1. The summed E-state index contributed by atoms with van der Waals surface area (Å²) >= 11 is 6.02. The minimum absolute atomic E-state index is 0.105. The van der Waals surface area contributed by atoms with E-state index in [1.165, 1.54) is 4.90 Å². The molecule has 4 rings (SSSR count). The second kappa shape index (κ2) is 10.7. The van der Waals surface area contributed by atoms with E-state index in [9.17, 15) is 14.4 Å². The van der Waals surface area contributed by atoms with Crippen LogP contribution in [0.4, 0.5) is 11.8 Å². The third kappa shape index (κ3) is 5.36.